The molecule has 0 saturated heterocycles. The highest BCUT2D eigenvalue weighted by molar-refractivity contribution is 5.77. The van der Waals surface area contributed by atoms with Crippen molar-refractivity contribution in [1.82, 2.24) is 9.55 Å². The first-order valence-electron chi connectivity index (χ1n) is 5.65. The van der Waals surface area contributed by atoms with E-state index in [0.29, 0.717) is 0 Å². The molecule has 0 amide bonds. The Morgan fingerprint density at radius 1 is 1.35 bits per heavy atom. The first-order chi connectivity index (χ1) is 8.13. The fraction of sp³-hybridized carbons (Fsp3) is 0.286. The zero-order valence-corrected chi connectivity index (χ0v) is 10.4. The molecule has 3 nitrogen and oxygen atoms in total. The van der Waals surface area contributed by atoms with Gasteiger partial charge in [-0.1, -0.05) is 0 Å². The van der Waals surface area contributed by atoms with Crippen molar-refractivity contribution in [3.63, 3.8) is 0 Å². The Hall–Kier alpha value is -1.90. The van der Waals surface area contributed by atoms with E-state index in [1.807, 2.05) is 32.2 Å². The maximum atomic E-state index is 10.9. The van der Waals surface area contributed by atoms with Crippen molar-refractivity contribution in [2.45, 2.75) is 27.3 Å². The van der Waals surface area contributed by atoms with Gasteiger partial charge in [-0.3, -0.25) is 9.78 Å². The number of nitrogens with zero attached hydrogens (tertiary/aromatic N) is 2. The summed E-state index contributed by atoms with van der Waals surface area (Å²) in [6.07, 6.45) is 4.58. The van der Waals surface area contributed by atoms with Crippen LogP contribution in [0.4, 0.5) is 0 Å². The second kappa shape index (κ2) is 4.53. The Labute approximate surface area is 101 Å². The Balaban J connectivity index is 2.40. The van der Waals surface area contributed by atoms with Crippen molar-refractivity contribution < 1.29 is 4.79 Å². The minimum atomic E-state index is 0.772. The maximum Gasteiger partial charge on any atom is 0.151 e. The smallest absolute Gasteiger partial charge is 0.151 e. The zero-order valence-electron chi connectivity index (χ0n) is 10.4. The van der Waals surface area contributed by atoms with Gasteiger partial charge >= 0.3 is 0 Å². The summed E-state index contributed by atoms with van der Waals surface area (Å²) in [5.41, 5.74) is 5.32. The van der Waals surface area contributed by atoms with Crippen LogP contribution in [0.2, 0.25) is 0 Å². The lowest BCUT2D eigenvalue weighted by molar-refractivity contribution is 0.112. The molecule has 0 radical (unpaired) electrons. The largest absolute Gasteiger partial charge is 0.344 e. The zero-order chi connectivity index (χ0) is 12.4. The number of aromatic nitrogens is 2. The summed E-state index contributed by atoms with van der Waals surface area (Å²) in [5, 5.41) is 0. The van der Waals surface area contributed by atoms with Crippen molar-refractivity contribution in [3.05, 3.63) is 52.6 Å². The van der Waals surface area contributed by atoms with Crippen LogP contribution < -0.4 is 0 Å². The van der Waals surface area contributed by atoms with Gasteiger partial charge in [-0.05, 0) is 44.0 Å². The van der Waals surface area contributed by atoms with Gasteiger partial charge < -0.3 is 4.57 Å². The first kappa shape index (κ1) is 11.6. The minimum Gasteiger partial charge on any atom is -0.344 e. The van der Waals surface area contributed by atoms with Crippen LogP contribution in [0, 0.1) is 20.8 Å². The Bertz CT molecular complexity index is 555. The average molecular weight is 228 g/mol. The highest BCUT2D eigenvalue weighted by Crippen LogP contribution is 2.16. The highest BCUT2D eigenvalue weighted by Gasteiger charge is 2.09. The Morgan fingerprint density at radius 2 is 2.12 bits per heavy atom. The van der Waals surface area contributed by atoms with E-state index < -0.39 is 0 Å². The minimum absolute atomic E-state index is 0.772. The molecule has 0 saturated carbocycles. The van der Waals surface area contributed by atoms with E-state index in [9.17, 15) is 4.79 Å². The number of carbonyl (C=O) groups is 1. The van der Waals surface area contributed by atoms with E-state index in [0.717, 1.165) is 29.8 Å². The molecular formula is C14H16N2O. The lowest BCUT2D eigenvalue weighted by Crippen LogP contribution is -2.05. The van der Waals surface area contributed by atoms with E-state index in [2.05, 4.69) is 16.5 Å². The SMILES string of the molecule is Cc1cnccc1Cn1c(C)cc(C=O)c1C. The number of pyridine rings is 1. The lowest BCUT2D eigenvalue weighted by atomic mass is 10.1. The van der Waals surface area contributed by atoms with Crippen LogP contribution in [0.1, 0.15) is 32.9 Å². The van der Waals surface area contributed by atoms with Gasteiger partial charge in [0.25, 0.3) is 0 Å². The third-order valence-corrected chi connectivity index (χ3v) is 3.20. The number of aldehydes is 1. The van der Waals surface area contributed by atoms with Gasteiger partial charge in [0.2, 0.25) is 0 Å². The molecule has 0 spiro atoms. The number of rotatable bonds is 3. The molecule has 0 aliphatic heterocycles. The molecule has 17 heavy (non-hydrogen) atoms. The second-order valence-electron chi connectivity index (χ2n) is 4.33. The lowest BCUT2D eigenvalue weighted by Gasteiger charge is -2.11. The molecule has 3 heteroatoms. The molecule has 0 aliphatic rings. The van der Waals surface area contributed by atoms with E-state index in [4.69, 9.17) is 0 Å². The van der Waals surface area contributed by atoms with Gasteiger partial charge in [0.1, 0.15) is 0 Å². The highest BCUT2D eigenvalue weighted by atomic mass is 16.1. The van der Waals surface area contributed by atoms with Gasteiger partial charge in [-0.25, -0.2) is 0 Å². The fourth-order valence-electron chi connectivity index (χ4n) is 2.04. The normalized spacial score (nSPS) is 10.5. The third-order valence-electron chi connectivity index (χ3n) is 3.20. The summed E-state index contributed by atoms with van der Waals surface area (Å²) in [6.45, 7) is 6.85. The summed E-state index contributed by atoms with van der Waals surface area (Å²) in [5.74, 6) is 0. The monoisotopic (exact) mass is 228 g/mol. The first-order valence-corrected chi connectivity index (χ1v) is 5.65. The van der Waals surface area contributed by atoms with E-state index in [1.54, 1.807) is 6.20 Å². The summed E-state index contributed by atoms with van der Waals surface area (Å²) in [6, 6.07) is 3.95. The fourth-order valence-corrected chi connectivity index (χ4v) is 2.04. The van der Waals surface area contributed by atoms with Crippen molar-refractivity contribution in [1.29, 1.82) is 0 Å². The van der Waals surface area contributed by atoms with Gasteiger partial charge in [0.05, 0.1) is 0 Å². The summed E-state index contributed by atoms with van der Waals surface area (Å²) in [7, 11) is 0. The molecule has 0 N–H and O–H groups in total. The molecule has 2 heterocycles. The van der Waals surface area contributed by atoms with Crippen molar-refractivity contribution >= 4 is 6.29 Å². The molecule has 0 aliphatic carbocycles. The third kappa shape index (κ3) is 2.13. The van der Waals surface area contributed by atoms with Crippen LogP contribution in [0.15, 0.2) is 24.5 Å². The number of aryl methyl sites for hydroxylation is 2. The quantitative estimate of drug-likeness (QED) is 0.757. The molecule has 88 valence electrons. The van der Waals surface area contributed by atoms with Crippen molar-refractivity contribution in [2.75, 3.05) is 0 Å². The molecule has 0 fully saturated rings. The van der Waals surface area contributed by atoms with Crippen LogP contribution >= 0.6 is 0 Å². The molecular weight excluding hydrogens is 212 g/mol. The van der Waals surface area contributed by atoms with Gasteiger partial charge in [-0.2, -0.15) is 0 Å². The van der Waals surface area contributed by atoms with E-state index in [-0.39, 0.29) is 0 Å². The molecule has 2 rings (SSSR count). The van der Waals surface area contributed by atoms with Crippen LogP contribution in [-0.2, 0) is 6.54 Å². The molecule has 0 unspecified atom stereocenters. The molecule has 0 aromatic carbocycles. The summed E-state index contributed by atoms with van der Waals surface area (Å²) < 4.78 is 2.16. The van der Waals surface area contributed by atoms with Crippen LogP contribution in [0.25, 0.3) is 0 Å². The molecule has 0 bridgehead atoms. The van der Waals surface area contributed by atoms with Gasteiger partial charge in [0, 0.05) is 35.9 Å². The maximum absolute atomic E-state index is 10.9. The predicted octanol–water partition coefficient (Wildman–Crippen LogP) is 2.67. The topological polar surface area (TPSA) is 34.9 Å². The molecule has 2 aromatic rings. The number of hydrogen-bond acceptors (Lipinski definition) is 2. The standard InChI is InChI=1S/C14H16N2O/c1-10-7-15-5-4-13(10)8-16-11(2)6-14(9-17)12(16)3/h4-7,9H,8H2,1-3H3. The van der Waals surface area contributed by atoms with E-state index in [1.165, 1.54) is 11.1 Å². The van der Waals surface area contributed by atoms with Crippen LogP contribution in [0.5, 0.6) is 0 Å². The summed E-state index contributed by atoms with van der Waals surface area (Å²) >= 11 is 0. The molecule has 0 atom stereocenters. The summed E-state index contributed by atoms with van der Waals surface area (Å²) in [4.78, 5) is 15.0. The van der Waals surface area contributed by atoms with Crippen LogP contribution in [-0.4, -0.2) is 15.8 Å². The number of carbonyl (C=O) groups excluding carboxylic acids is 1. The Morgan fingerprint density at radius 3 is 2.71 bits per heavy atom. The van der Waals surface area contributed by atoms with E-state index >= 15 is 0 Å². The average Bonchev–Trinajstić information content (AvgIpc) is 2.59. The van der Waals surface area contributed by atoms with Gasteiger partial charge in [0.15, 0.2) is 6.29 Å². The van der Waals surface area contributed by atoms with Crippen LogP contribution in [0.3, 0.4) is 0 Å². The molecule has 2 aromatic heterocycles. The van der Waals surface area contributed by atoms with Gasteiger partial charge in [-0.15, -0.1) is 0 Å². The van der Waals surface area contributed by atoms with Crippen molar-refractivity contribution in [3.8, 4) is 0 Å². The second-order valence-corrected chi connectivity index (χ2v) is 4.33. The Kier molecular flexibility index (Phi) is 3.09. The number of hydrogen-bond donors (Lipinski definition) is 0. The van der Waals surface area contributed by atoms with Crippen molar-refractivity contribution in [2.24, 2.45) is 0 Å². The predicted molar refractivity (Wildman–Crippen MR) is 67.4 cm³/mol.